The molecule has 0 radical (unpaired) electrons. The van der Waals surface area contributed by atoms with Crippen molar-refractivity contribution in [2.45, 2.75) is 6.92 Å². The van der Waals surface area contributed by atoms with Gasteiger partial charge < -0.3 is 9.13 Å². The summed E-state index contributed by atoms with van der Waals surface area (Å²) < 4.78 is 4.96. The predicted molar refractivity (Wildman–Crippen MR) is 191 cm³/mol. The van der Waals surface area contributed by atoms with Crippen molar-refractivity contribution in [1.29, 1.82) is 0 Å². The van der Waals surface area contributed by atoms with Crippen molar-refractivity contribution in [1.82, 2.24) is 9.13 Å². The molecule has 0 aliphatic carbocycles. The van der Waals surface area contributed by atoms with Crippen molar-refractivity contribution in [3.05, 3.63) is 169 Å². The van der Waals surface area contributed by atoms with Crippen molar-refractivity contribution in [2.75, 3.05) is 0 Å². The Bertz CT molecular complexity index is 2470. The molecular formula is C43H30N2. The molecule has 9 rings (SSSR count). The zero-order valence-electron chi connectivity index (χ0n) is 25.0. The number of hydrogen-bond acceptors (Lipinski definition) is 0. The van der Waals surface area contributed by atoms with Gasteiger partial charge in [0.05, 0.1) is 22.1 Å². The molecule has 212 valence electrons. The smallest absolute Gasteiger partial charge is 0.0788 e. The summed E-state index contributed by atoms with van der Waals surface area (Å²) >= 11 is 0. The molecule has 2 aromatic heterocycles. The van der Waals surface area contributed by atoms with E-state index in [1.54, 1.807) is 0 Å². The molecule has 0 N–H and O–H groups in total. The maximum absolute atomic E-state index is 2.50. The van der Waals surface area contributed by atoms with E-state index in [0.29, 0.717) is 0 Å². The Kier molecular flexibility index (Phi) is 5.76. The predicted octanol–water partition coefficient (Wildman–Crippen LogP) is 11.5. The maximum Gasteiger partial charge on any atom is 0.0788 e. The summed E-state index contributed by atoms with van der Waals surface area (Å²) in [5.41, 5.74) is 13.2. The first-order chi connectivity index (χ1) is 22.2. The zero-order valence-corrected chi connectivity index (χ0v) is 25.0. The van der Waals surface area contributed by atoms with Crippen LogP contribution in [0.3, 0.4) is 0 Å². The number of aryl methyl sites for hydroxylation is 1. The quantitative estimate of drug-likeness (QED) is 0.198. The van der Waals surface area contributed by atoms with Gasteiger partial charge in [-0.1, -0.05) is 121 Å². The highest BCUT2D eigenvalue weighted by molar-refractivity contribution is 6.23. The van der Waals surface area contributed by atoms with E-state index in [9.17, 15) is 0 Å². The van der Waals surface area contributed by atoms with E-state index in [4.69, 9.17) is 0 Å². The minimum Gasteiger partial charge on any atom is -0.307 e. The molecule has 7 aromatic carbocycles. The minimum absolute atomic E-state index is 1.15. The number of para-hydroxylation sites is 2. The zero-order chi connectivity index (χ0) is 29.9. The van der Waals surface area contributed by atoms with Gasteiger partial charge in [-0.2, -0.15) is 0 Å². The molecule has 0 aliphatic heterocycles. The third-order valence-electron chi connectivity index (χ3n) is 9.12. The third-order valence-corrected chi connectivity index (χ3v) is 9.12. The van der Waals surface area contributed by atoms with Gasteiger partial charge in [-0.25, -0.2) is 0 Å². The Balaban J connectivity index is 1.48. The average Bonchev–Trinajstić information content (AvgIpc) is 3.62. The normalized spacial score (nSPS) is 11.7. The van der Waals surface area contributed by atoms with Crippen molar-refractivity contribution >= 4 is 43.6 Å². The van der Waals surface area contributed by atoms with E-state index >= 15 is 0 Å². The van der Waals surface area contributed by atoms with Crippen LogP contribution in [-0.2, 0) is 0 Å². The van der Waals surface area contributed by atoms with Crippen LogP contribution in [0.15, 0.2) is 164 Å². The Hall–Kier alpha value is -5.86. The lowest BCUT2D eigenvalue weighted by Crippen LogP contribution is -2.00. The van der Waals surface area contributed by atoms with Crippen LogP contribution in [0.2, 0.25) is 0 Å². The number of rotatable bonds is 4. The van der Waals surface area contributed by atoms with Crippen LogP contribution in [0.4, 0.5) is 0 Å². The molecule has 2 heteroatoms. The van der Waals surface area contributed by atoms with Crippen molar-refractivity contribution < 1.29 is 0 Å². The summed E-state index contributed by atoms with van der Waals surface area (Å²) in [6.07, 6.45) is 0. The van der Waals surface area contributed by atoms with E-state index in [1.807, 2.05) is 0 Å². The van der Waals surface area contributed by atoms with Gasteiger partial charge in [-0.15, -0.1) is 0 Å². The van der Waals surface area contributed by atoms with Crippen LogP contribution in [-0.4, -0.2) is 9.13 Å². The standard InChI is InChI=1S/C43H30N2/c1-29-13-12-18-34(25-29)44-40-21-10-8-19-36(40)38-23-24-39-37-20-9-11-22-41(37)45(43(39)42(38)44)35-27-32(30-14-4-2-5-15-30)26-33(28-35)31-16-6-3-7-17-31/h2-28H,1H3. The molecule has 0 atom stereocenters. The molecule has 0 bridgehead atoms. The Morgan fingerprint density at radius 3 is 1.36 bits per heavy atom. The highest BCUT2D eigenvalue weighted by Gasteiger charge is 2.21. The molecule has 0 saturated carbocycles. The second-order valence-corrected chi connectivity index (χ2v) is 11.9. The Labute approximate surface area is 262 Å². The highest BCUT2D eigenvalue weighted by Crippen LogP contribution is 2.42. The van der Waals surface area contributed by atoms with Crippen molar-refractivity contribution in [2.24, 2.45) is 0 Å². The van der Waals surface area contributed by atoms with E-state index in [0.717, 1.165) is 5.69 Å². The Morgan fingerprint density at radius 1 is 0.333 bits per heavy atom. The van der Waals surface area contributed by atoms with Crippen LogP contribution in [0.5, 0.6) is 0 Å². The SMILES string of the molecule is Cc1cccc(-n2c3ccccc3c3ccc4c5ccccc5n(-c5cc(-c6ccccc6)cc(-c6ccccc6)c5)c4c32)c1. The second kappa shape index (κ2) is 10.1. The number of hydrogen-bond donors (Lipinski definition) is 0. The fourth-order valence-electron chi connectivity index (χ4n) is 7.14. The van der Waals surface area contributed by atoms with E-state index in [-0.39, 0.29) is 0 Å². The lowest BCUT2D eigenvalue weighted by atomic mass is 9.98. The van der Waals surface area contributed by atoms with Crippen molar-refractivity contribution in [3.63, 3.8) is 0 Å². The van der Waals surface area contributed by atoms with Gasteiger partial charge in [0, 0.05) is 32.9 Å². The van der Waals surface area contributed by atoms with E-state index < -0.39 is 0 Å². The number of fused-ring (bicyclic) bond motifs is 7. The van der Waals surface area contributed by atoms with Gasteiger partial charge in [0.2, 0.25) is 0 Å². The van der Waals surface area contributed by atoms with Gasteiger partial charge in [-0.05, 0) is 77.2 Å². The molecule has 0 amide bonds. The molecule has 2 nitrogen and oxygen atoms in total. The molecule has 2 heterocycles. The van der Waals surface area contributed by atoms with Crippen LogP contribution in [0, 0.1) is 6.92 Å². The van der Waals surface area contributed by atoms with Crippen LogP contribution >= 0.6 is 0 Å². The lowest BCUT2D eigenvalue weighted by molar-refractivity contribution is 1.14. The first-order valence-electron chi connectivity index (χ1n) is 15.5. The summed E-state index contributed by atoms with van der Waals surface area (Å²) in [5.74, 6) is 0. The Morgan fingerprint density at radius 2 is 0.822 bits per heavy atom. The fourth-order valence-corrected chi connectivity index (χ4v) is 7.14. The maximum atomic E-state index is 2.50. The summed E-state index contributed by atoms with van der Waals surface area (Å²) in [4.78, 5) is 0. The molecule has 0 saturated heterocycles. The first-order valence-corrected chi connectivity index (χ1v) is 15.5. The number of benzene rings is 7. The van der Waals surface area contributed by atoms with Crippen molar-refractivity contribution in [3.8, 4) is 33.6 Å². The summed E-state index contributed by atoms with van der Waals surface area (Å²) in [6.45, 7) is 2.17. The van der Waals surface area contributed by atoms with E-state index in [1.165, 1.54) is 77.1 Å². The average molecular weight is 575 g/mol. The largest absolute Gasteiger partial charge is 0.307 e. The van der Waals surface area contributed by atoms with Crippen LogP contribution in [0.25, 0.3) is 77.2 Å². The van der Waals surface area contributed by atoms with Gasteiger partial charge >= 0.3 is 0 Å². The number of aromatic nitrogens is 2. The lowest BCUT2D eigenvalue weighted by Gasteiger charge is -2.16. The summed E-state index contributed by atoms with van der Waals surface area (Å²) in [5, 5.41) is 5.02. The summed E-state index contributed by atoms with van der Waals surface area (Å²) in [6, 6.07) is 59.6. The highest BCUT2D eigenvalue weighted by atomic mass is 15.0. The molecule has 0 fully saturated rings. The molecule has 0 spiro atoms. The molecule has 0 aliphatic rings. The molecular weight excluding hydrogens is 544 g/mol. The fraction of sp³-hybridized carbons (Fsp3) is 0.0233. The first kappa shape index (κ1) is 25.6. The monoisotopic (exact) mass is 574 g/mol. The second-order valence-electron chi connectivity index (χ2n) is 11.9. The minimum atomic E-state index is 1.15. The van der Waals surface area contributed by atoms with Crippen LogP contribution < -0.4 is 0 Å². The molecule has 45 heavy (non-hydrogen) atoms. The van der Waals surface area contributed by atoms with Gasteiger partial charge in [-0.3, -0.25) is 0 Å². The summed E-state index contributed by atoms with van der Waals surface area (Å²) in [7, 11) is 0. The number of nitrogens with zero attached hydrogens (tertiary/aromatic N) is 2. The topological polar surface area (TPSA) is 9.86 Å². The van der Waals surface area contributed by atoms with Gasteiger partial charge in [0.1, 0.15) is 0 Å². The van der Waals surface area contributed by atoms with Gasteiger partial charge in [0.15, 0.2) is 0 Å². The third kappa shape index (κ3) is 4.03. The van der Waals surface area contributed by atoms with E-state index in [2.05, 4.69) is 180 Å². The van der Waals surface area contributed by atoms with Gasteiger partial charge in [0.25, 0.3) is 0 Å². The molecule has 9 aromatic rings. The van der Waals surface area contributed by atoms with Crippen LogP contribution in [0.1, 0.15) is 5.56 Å². The molecule has 0 unspecified atom stereocenters.